The molecule has 2 heteroatoms. The standard InChI is InChI=1S/C12H20O2/c1-8(2)12-5-4-9(10(13)6-12)11(3,14)7-12/h8-9,14H,4-7H2,1-3H3/t9-,11+,12-/m0/s1. The highest BCUT2D eigenvalue weighted by Gasteiger charge is 2.56. The third-order valence-corrected chi connectivity index (χ3v) is 4.53. The smallest absolute Gasteiger partial charge is 0.139 e. The van der Waals surface area contributed by atoms with E-state index in [1.165, 1.54) is 0 Å². The topological polar surface area (TPSA) is 37.3 Å². The highest BCUT2D eigenvalue weighted by Crippen LogP contribution is 2.56. The van der Waals surface area contributed by atoms with Gasteiger partial charge in [-0.15, -0.1) is 0 Å². The van der Waals surface area contributed by atoms with Crippen LogP contribution in [0.5, 0.6) is 0 Å². The summed E-state index contributed by atoms with van der Waals surface area (Å²) in [6.45, 7) is 6.19. The van der Waals surface area contributed by atoms with E-state index in [0.717, 1.165) is 19.3 Å². The Bertz CT molecular complexity index is 267. The maximum absolute atomic E-state index is 11.8. The fraction of sp³-hybridized carbons (Fsp3) is 0.917. The molecule has 0 unspecified atom stereocenters. The third-order valence-electron chi connectivity index (χ3n) is 4.53. The van der Waals surface area contributed by atoms with Crippen molar-refractivity contribution in [1.29, 1.82) is 0 Å². The number of carbonyl (C=O) groups is 1. The molecule has 3 saturated carbocycles. The molecule has 3 fully saturated rings. The van der Waals surface area contributed by atoms with E-state index in [1.54, 1.807) is 0 Å². The van der Waals surface area contributed by atoms with Crippen molar-refractivity contribution in [2.75, 3.05) is 0 Å². The van der Waals surface area contributed by atoms with E-state index < -0.39 is 5.60 Å². The molecule has 2 bridgehead atoms. The highest BCUT2D eigenvalue weighted by atomic mass is 16.3. The zero-order valence-electron chi connectivity index (χ0n) is 9.34. The van der Waals surface area contributed by atoms with Gasteiger partial charge in [0, 0.05) is 12.3 Å². The summed E-state index contributed by atoms with van der Waals surface area (Å²) in [6.07, 6.45) is 3.53. The van der Waals surface area contributed by atoms with Gasteiger partial charge in [-0.1, -0.05) is 13.8 Å². The van der Waals surface area contributed by atoms with Gasteiger partial charge in [0.2, 0.25) is 0 Å². The summed E-state index contributed by atoms with van der Waals surface area (Å²) in [7, 11) is 0. The Balaban J connectivity index is 2.34. The Hall–Kier alpha value is -0.370. The lowest BCUT2D eigenvalue weighted by atomic mass is 9.51. The molecule has 0 amide bonds. The van der Waals surface area contributed by atoms with Gasteiger partial charge in [0.05, 0.1) is 5.60 Å². The van der Waals surface area contributed by atoms with Gasteiger partial charge in [-0.2, -0.15) is 0 Å². The Labute approximate surface area is 85.7 Å². The van der Waals surface area contributed by atoms with Gasteiger partial charge in [0.15, 0.2) is 0 Å². The molecule has 80 valence electrons. The second kappa shape index (κ2) is 2.82. The van der Waals surface area contributed by atoms with Crippen molar-refractivity contribution in [2.24, 2.45) is 17.3 Å². The molecule has 3 rings (SSSR count). The summed E-state index contributed by atoms with van der Waals surface area (Å²) in [4.78, 5) is 11.8. The van der Waals surface area contributed by atoms with Crippen LogP contribution in [0.1, 0.15) is 46.5 Å². The van der Waals surface area contributed by atoms with Gasteiger partial charge in [-0.25, -0.2) is 0 Å². The zero-order valence-corrected chi connectivity index (χ0v) is 9.34. The van der Waals surface area contributed by atoms with Crippen LogP contribution >= 0.6 is 0 Å². The van der Waals surface area contributed by atoms with Crippen LogP contribution in [-0.4, -0.2) is 16.5 Å². The molecule has 1 N–H and O–H groups in total. The van der Waals surface area contributed by atoms with Gasteiger partial charge in [-0.05, 0) is 37.5 Å². The monoisotopic (exact) mass is 196 g/mol. The number of hydrogen-bond donors (Lipinski definition) is 1. The molecule has 3 atom stereocenters. The van der Waals surface area contributed by atoms with E-state index in [0.29, 0.717) is 18.1 Å². The third kappa shape index (κ3) is 1.23. The van der Waals surface area contributed by atoms with Crippen LogP contribution in [0, 0.1) is 17.3 Å². The molecule has 0 radical (unpaired) electrons. The molecule has 3 aliphatic carbocycles. The first-order valence-electron chi connectivity index (χ1n) is 5.62. The normalized spacial score (nSPS) is 47.5. The fourth-order valence-corrected chi connectivity index (χ4v) is 3.49. The molecule has 0 aliphatic heterocycles. The number of carbonyl (C=O) groups excluding carboxylic acids is 1. The average Bonchev–Trinajstić information content (AvgIpc) is 2.01. The Morgan fingerprint density at radius 3 is 2.57 bits per heavy atom. The van der Waals surface area contributed by atoms with Crippen LogP contribution in [0.25, 0.3) is 0 Å². The Kier molecular flexibility index (Phi) is 2.04. The lowest BCUT2D eigenvalue weighted by Crippen LogP contribution is -2.56. The molecule has 2 nitrogen and oxygen atoms in total. The van der Waals surface area contributed by atoms with E-state index in [4.69, 9.17) is 0 Å². The summed E-state index contributed by atoms with van der Waals surface area (Å²) in [5.74, 6) is 0.712. The van der Waals surface area contributed by atoms with E-state index >= 15 is 0 Å². The van der Waals surface area contributed by atoms with E-state index in [-0.39, 0.29) is 11.3 Å². The van der Waals surface area contributed by atoms with Gasteiger partial charge >= 0.3 is 0 Å². The van der Waals surface area contributed by atoms with Gasteiger partial charge < -0.3 is 5.11 Å². The van der Waals surface area contributed by atoms with Crippen LogP contribution in [0.4, 0.5) is 0 Å². The van der Waals surface area contributed by atoms with Gasteiger partial charge in [0.25, 0.3) is 0 Å². The number of fused-ring (bicyclic) bond motifs is 3. The predicted molar refractivity (Wildman–Crippen MR) is 54.9 cm³/mol. The van der Waals surface area contributed by atoms with Crippen molar-refractivity contribution >= 4 is 5.78 Å². The highest BCUT2D eigenvalue weighted by molar-refractivity contribution is 5.84. The van der Waals surface area contributed by atoms with Crippen molar-refractivity contribution < 1.29 is 9.90 Å². The first kappa shape index (κ1) is 10.2. The number of aliphatic hydroxyl groups is 1. The molecule has 0 saturated heterocycles. The zero-order chi connectivity index (χ0) is 10.6. The van der Waals surface area contributed by atoms with E-state index in [2.05, 4.69) is 13.8 Å². The summed E-state index contributed by atoms with van der Waals surface area (Å²) >= 11 is 0. The minimum atomic E-state index is -0.738. The second-order valence-corrected chi connectivity index (χ2v) is 5.79. The van der Waals surface area contributed by atoms with Crippen LogP contribution in [0.15, 0.2) is 0 Å². The minimum absolute atomic E-state index is 0.0804. The van der Waals surface area contributed by atoms with Gasteiger partial charge in [-0.3, -0.25) is 4.79 Å². The van der Waals surface area contributed by atoms with Crippen LogP contribution in [-0.2, 0) is 4.79 Å². The molecule has 0 spiro atoms. The van der Waals surface area contributed by atoms with Crippen molar-refractivity contribution in [3.8, 4) is 0 Å². The predicted octanol–water partition coefficient (Wildman–Crippen LogP) is 2.15. The quantitative estimate of drug-likeness (QED) is 0.697. The first-order chi connectivity index (χ1) is 6.37. The maximum atomic E-state index is 11.8. The first-order valence-corrected chi connectivity index (χ1v) is 5.62. The van der Waals surface area contributed by atoms with Crippen molar-refractivity contribution in [2.45, 2.75) is 52.1 Å². The number of Topliss-reactive ketones (excluding diaryl/α,β-unsaturated/α-hetero) is 1. The SMILES string of the molecule is CC(C)[C@@]12CC[C@@H](C(=O)C1)[C@](C)(O)C2. The molecule has 0 aromatic rings. The molecule has 0 aromatic heterocycles. The largest absolute Gasteiger partial charge is 0.389 e. The van der Waals surface area contributed by atoms with E-state index in [9.17, 15) is 9.90 Å². The minimum Gasteiger partial charge on any atom is -0.389 e. The fourth-order valence-electron chi connectivity index (χ4n) is 3.49. The average molecular weight is 196 g/mol. The summed E-state index contributed by atoms with van der Waals surface area (Å²) in [5.41, 5.74) is -0.646. The number of rotatable bonds is 1. The summed E-state index contributed by atoms with van der Waals surface area (Å²) in [6, 6.07) is 0. The number of hydrogen-bond acceptors (Lipinski definition) is 2. The summed E-state index contributed by atoms with van der Waals surface area (Å²) in [5, 5.41) is 10.2. The lowest BCUT2D eigenvalue weighted by molar-refractivity contribution is -0.165. The molecular weight excluding hydrogens is 176 g/mol. The van der Waals surface area contributed by atoms with Crippen molar-refractivity contribution in [3.63, 3.8) is 0 Å². The van der Waals surface area contributed by atoms with Crippen LogP contribution in [0.2, 0.25) is 0 Å². The molecule has 3 aliphatic rings. The number of ketones is 1. The van der Waals surface area contributed by atoms with Crippen LogP contribution in [0.3, 0.4) is 0 Å². The molecule has 14 heavy (non-hydrogen) atoms. The Morgan fingerprint density at radius 1 is 1.50 bits per heavy atom. The maximum Gasteiger partial charge on any atom is 0.139 e. The summed E-state index contributed by atoms with van der Waals surface area (Å²) < 4.78 is 0. The van der Waals surface area contributed by atoms with Gasteiger partial charge in [0.1, 0.15) is 5.78 Å². The van der Waals surface area contributed by atoms with Crippen LogP contribution < -0.4 is 0 Å². The molecular formula is C12H20O2. The molecule has 0 heterocycles. The Morgan fingerprint density at radius 2 is 2.14 bits per heavy atom. The van der Waals surface area contributed by atoms with E-state index in [1.807, 2.05) is 6.92 Å². The van der Waals surface area contributed by atoms with Crippen molar-refractivity contribution in [1.82, 2.24) is 0 Å². The lowest BCUT2D eigenvalue weighted by Gasteiger charge is -2.55. The second-order valence-electron chi connectivity index (χ2n) is 5.79. The molecule has 0 aromatic carbocycles. The van der Waals surface area contributed by atoms with Crippen molar-refractivity contribution in [3.05, 3.63) is 0 Å².